The van der Waals surface area contributed by atoms with Gasteiger partial charge in [0.1, 0.15) is 0 Å². The maximum atomic E-state index is 12.4. The van der Waals surface area contributed by atoms with Crippen molar-refractivity contribution in [3.63, 3.8) is 0 Å². The van der Waals surface area contributed by atoms with Crippen LogP contribution in [-0.2, 0) is 9.53 Å². The fourth-order valence-corrected chi connectivity index (χ4v) is 2.55. The number of benzene rings is 1. The maximum Gasteiger partial charge on any atom is 0.328 e. The molecule has 1 heterocycles. The number of carboxylic acids is 1. The van der Waals surface area contributed by atoms with Crippen molar-refractivity contribution in [3.8, 4) is 0 Å². The monoisotopic (exact) mass is 327 g/mol. The van der Waals surface area contributed by atoms with E-state index in [1.807, 2.05) is 13.0 Å². The summed E-state index contributed by atoms with van der Waals surface area (Å²) in [5, 5.41) is 9.14. The molecule has 0 radical (unpaired) electrons. The number of halogens is 1. The Labute approximate surface area is 119 Å². The molecule has 0 spiro atoms. The molecule has 1 fully saturated rings. The first-order valence-electron chi connectivity index (χ1n) is 5.88. The van der Waals surface area contributed by atoms with Gasteiger partial charge in [-0.2, -0.15) is 0 Å². The number of nitrogens with zero attached hydrogens (tertiary/aromatic N) is 1. The highest BCUT2D eigenvalue weighted by atomic mass is 79.9. The van der Waals surface area contributed by atoms with Gasteiger partial charge in [0, 0.05) is 16.6 Å². The highest BCUT2D eigenvalue weighted by Crippen LogP contribution is 2.19. The molecule has 1 atom stereocenters. The standard InChI is InChI=1S/C13H14BrNO4/c1-8-6-9(14)2-3-10(8)12(16)15-4-5-19-7-11(15)13(17)18/h2-3,6,11H,4-5,7H2,1H3,(H,17,18). The van der Waals surface area contributed by atoms with Gasteiger partial charge in [-0.3, -0.25) is 4.79 Å². The SMILES string of the molecule is Cc1cc(Br)ccc1C(=O)N1CCOCC1C(=O)O. The number of amides is 1. The van der Waals surface area contributed by atoms with Gasteiger partial charge in [-0.15, -0.1) is 0 Å². The molecule has 1 N–H and O–H groups in total. The van der Waals surface area contributed by atoms with Crippen LogP contribution in [-0.4, -0.2) is 47.7 Å². The summed E-state index contributed by atoms with van der Waals surface area (Å²) >= 11 is 3.34. The predicted octanol–water partition coefficient (Wildman–Crippen LogP) is 1.68. The number of carbonyl (C=O) groups excluding carboxylic acids is 1. The maximum absolute atomic E-state index is 12.4. The lowest BCUT2D eigenvalue weighted by Crippen LogP contribution is -2.52. The smallest absolute Gasteiger partial charge is 0.328 e. The first kappa shape index (κ1) is 14.0. The van der Waals surface area contributed by atoms with Crippen LogP contribution in [0.15, 0.2) is 22.7 Å². The van der Waals surface area contributed by atoms with Crippen LogP contribution in [0.25, 0.3) is 0 Å². The molecule has 5 nitrogen and oxygen atoms in total. The number of hydrogen-bond acceptors (Lipinski definition) is 3. The average Bonchev–Trinajstić information content (AvgIpc) is 2.38. The zero-order valence-electron chi connectivity index (χ0n) is 10.4. The molecule has 1 aliphatic rings. The number of morpholine rings is 1. The van der Waals surface area contributed by atoms with Crippen molar-refractivity contribution in [2.45, 2.75) is 13.0 Å². The Kier molecular flexibility index (Phi) is 4.21. The molecule has 102 valence electrons. The Morgan fingerprint density at radius 2 is 2.21 bits per heavy atom. The highest BCUT2D eigenvalue weighted by molar-refractivity contribution is 9.10. The van der Waals surface area contributed by atoms with Gasteiger partial charge in [-0.25, -0.2) is 4.79 Å². The Hall–Kier alpha value is -1.40. The van der Waals surface area contributed by atoms with E-state index in [0.29, 0.717) is 18.7 Å². The fourth-order valence-electron chi connectivity index (χ4n) is 2.07. The summed E-state index contributed by atoms with van der Waals surface area (Å²) in [5.41, 5.74) is 1.34. The summed E-state index contributed by atoms with van der Waals surface area (Å²) < 4.78 is 6.01. The van der Waals surface area contributed by atoms with Gasteiger partial charge >= 0.3 is 5.97 Å². The fraction of sp³-hybridized carbons (Fsp3) is 0.385. The molecule has 0 saturated carbocycles. The molecular formula is C13H14BrNO4. The predicted molar refractivity (Wildman–Crippen MR) is 72.2 cm³/mol. The van der Waals surface area contributed by atoms with Gasteiger partial charge in [-0.1, -0.05) is 15.9 Å². The zero-order valence-corrected chi connectivity index (χ0v) is 12.0. The van der Waals surface area contributed by atoms with Gasteiger partial charge in [-0.05, 0) is 30.7 Å². The van der Waals surface area contributed by atoms with E-state index < -0.39 is 12.0 Å². The number of rotatable bonds is 2. The zero-order chi connectivity index (χ0) is 14.0. The van der Waals surface area contributed by atoms with E-state index in [1.165, 1.54) is 4.90 Å². The highest BCUT2D eigenvalue weighted by Gasteiger charge is 2.33. The second kappa shape index (κ2) is 5.71. The lowest BCUT2D eigenvalue weighted by molar-refractivity contribution is -0.147. The Morgan fingerprint density at radius 3 is 2.84 bits per heavy atom. The van der Waals surface area contributed by atoms with Crippen molar-refractivity contribution in [1.29, 1.82) is 0 Å². The van der Waals surface area contributed by atoms with Crippen molar-refractivity contribution < 1.29 is 19.4 Å². The van der Waals surface area contributed by atoms with Crippen molar-refractivity contribution in [1.82, 2.24) is 4.90 Å². The van der Waals surface area contributed by atoms with Crippen molar-refractivity contribution in [2.75, 3.05) is 19.8 Å². The van der Waals surface area contributed by atoms with Crippen molar-refractivity contribution in [3.05, 3.63) is 33.8 Å². The topological polar surface area (TPSA) is 66.8 Å². The molecule has 1 aliphatic heterocycles. The molecule has 1 aromatic rings. The molecule has 0 bridgehead atoms. The molecule has 6 heteroatoms. The van der Waals surface area contributed by atoms with Crippen LogP contribution in [0.3, 0.4) is 0 Å². The minimum atomic E-state index is -1.04. The number of ether oxygens (including phenoxy) is 1. The Balaban J connectivity index is 2.28. The van der Waals surface area contributed by atoms with Crippen LogP contribution < -0.4 is 0 Å². The van der Waals surface area contributed by atoms with Crippen LogP contribution in [0.2, 0.25) is 0 Å². The number of carboxylic acid groups (broad SMARTS) is 1. The number of carbonyl (C=O) groups is 2. The summed E-state index contributed by atoms with van der Waals surface area (Å²) in [7, 11) is 0. The minimum Gasteiger partial charge on any atom is -0.480 e. The van der Waals surface area contributed by atoms with E-state index in [1.54, 1.807) is 12.1 Å². The molecule has 1 unspecified atom stereocenters. The van der Waals surface area contributed by atoms with Gasteiger partial charge in [0.05, 0.1) is 13.2 Å². The quantitative estimate of drug-likeness (QED) is 0.897. The van der Waals surface area contributed by atoms with E-state index in [2.05, 4.69) is 15.9 Å². The summed E-state index contributed by atoms with van der Waals surface area (Å²) in [6.45, 7) is 2.53. The summed E-state index contributed by atoms with van der Waals surface area (Å²) in [4.78, 5) is 25.0. The minimum absolute atomic E-state index is 0.0383. The van der Waals surface area contributed by atoms with E-state index in [4.69, 9.17) is 9.84 Å². The molecule has 19 heavy (non-hydrogen) atoms. The second-order valence-electron chi connectivity index (χ2n) is 4.39. The van der Waals surface area contributed by atoms with Crippen LogP contribution in [0.5, 0.6) is 0 Å². The lowest BCUT2D eigenvalue weighted by Gasteiger charge is -2.33. The third kappa shape index (κ3) is 2.96. The molecule has 2 rings (SSSR count). The number of hydrogen-bond donors (Lipinski definition) is 1. The molecule has 0 aromatic heterocycles. The van der Waals surface area contributed by atoms with Crippen LogP contribution in [0.4, 0.5) is 0 Å². The number of aliphatic carboxylic acids is 1. The number of aryl methyl sites for hydroxylation is 1. The van der Waals surface area contributed by atoms with Gasteiger partial charge in [0.25, 0.3) is 5.91 Å². The van der Waals surface area contributed by atoms with Gasteiger partial charge in [0.2, 0.25) is 0 Å². The van der Waals surface area contributed by atoms with Crippen molar-refractivity contribution >= 4 is 27.8 Å². The Morgan fingerprint density at radius 1 is 1.47 bits per heavy atom. The summed E-state index contributed by atoms with van der Waals surface area (Å²) in [6.07, 6.45) is 0. The van der Waals surface area contributed by atoms with Crippen LogP contribution in [0.1, 0.15) is 15.9 Å². The molecule has 1 amide bonds. The lowest BCUT2D eigenvalue weighted by atomic mass is 10.1. The molecular weight excluding hydrogens is 314 g/mol. The third-order valence-corrected chi connectivity index (χ3v) is 3.59. The average molecular weight is 328 g/mol. The first-order chi connectivity index (χ1) is 9.00. The molecule has 1 saturated heterocycles. The summed E-state index contributed by atoms with van der Waals surface area (Å²) in [5.74, 6) is -1.30. The van der Waals surface area contributed by atoms with Crippen LogP contribution in [0, 0.1) is 6.92 Å². The molecule has 1 aromatic carbocycles. The van der Waals surface area contributed by atoms with Gasteiger partial charge < -0.3 is 14.7 Å². The Bertz CT molecular complexity index is 517. The first-order valence-corrected chi connectivity index (χ1v) is 6.67. The normalized spacial score (nSPS) is 19.3. The van der Waals surface area contributed by atoms with E-state index in [0.717, 1.165) is 10.0 Å². The molecule has 0 aliphatic carbocycles. The second-order valence-corrected chi connectivity index (χ2v) is 5.30. The van der Waals surface area contributed by atoms with E-state index in [-0.39, 0.29) is 12.5 Å². The van der Waals surface area contributed by atoms with Gasteiger partial charge in [0.15, 0.2) is 6.04 Å². The largest absolute Gasteiger partial charge is 0.480 e. The van der Waals surface area contributed by atoms with E-state index in [9.17, 15) is 9.59 Å². The van der Waals surface area contributed by atoms with Crippen molar-refractivity contribution in [2.24, 2.45) is 0 Å². The van der Waals surface area contributed by atoms with E-state index >= 15 is 0 Å². The summed E-state index contributed by atoms with van der Waals surface area (Å²) in [6, 6.07) is 4.40. The third-order valence-electron chi connectivity index (χ3n) is 3.09. The van der Waals surface area contributed by atoms with Crippen LogP contribution >= 0.6 is 15.9 Å².